The topological polar surface area (TPSA) is 108 Å². The van der Waals surface area contributed by atoms with Gasteiger partial charge in [0.2, 0.25) is 9.70 Å². The van der Waals surface area contributed by atoms with Crippen LogP contribution in [0.1, 0.15) is 13.8 Å². The summed E-state index contributed by atoms with van der Waals surface area (Å²) >= 11 is 16.3. The van der Waals surface area contributed by atoms with Crippen molar-refractivity contribution in [3.63, 3.8) is 0 Å². The number of methoxy groups -OCH3 is 1. The van der Waals surface area contributed by atoms with Crippen LogP contribution in [0.5, 0.6) is 0 Å². The van der Waals surface area contributed by atoms with Gasteiger partial charge in [0.05, 0.1) is 13.0 Å². The Balaban J connectivity index is 4.43. The molecule has 0 aliphatic carbocycles. The summed E-state index contributed by atoms with van der Waals surface area (Å²) in [5.41, 5.74) is 5.54. The molecule has 0 aliphatic heterocycles. The van der Waals surface area contributed by atoms with E-state index in [1.165, 1.54) is 13.8 Å². The molecular weight excluding hydrogens is 346 g/mol. The molecule has 3 atom stereocenters. The molecule has 0 aliphatic rings. The minimum Gasteiger partial charge on any atom is -0.468 e. The quantitative estimate of drug-likeness (QED) is 0.527. The normalized spacial score (nSPS) is 15.6. The Morgan fingerprint density at radius 3 is 2.14 bits per heavy atom. The molecule has 1 amide bonds. The van der Waals surface area contributed by atoms with Crippen LogP contribution in [0.15, 0.2) is 0 Å². The van der Waals surface area contributed by atoms with Crippen molar-refractivity contribution in [1.29, 1.82) is 0 Å². The summed E-state index contributed by atoms with van der Waals surface area (Å²) in [6.45, 7) is 2.36. The van der Waals surface area contributed by atoms with Crippen LogP contribution in [-0.2, 0) is 23.9 Å². The molecule has 0 saturated heterocycles. The third-order valence-electron chi connectivity index (χ3n) is 2.52. The van der Waals surface area contributed by atoms with Crippen LogP contribution < -0.4 is 11.1 Å². The lowest BCUT2D eigenvalue weighted by Gasteiger charge is -2.20. The predicted molar refractivity (Wildman–Crippen MR) is 78.0 cm³/mol. The second-order valence-electron chi connectivity index (χ2n) is 4.29. The number of alkyl halides is 3. The summed E-state index contributed by atoms with van der Waals surface area (Å²) in [5, 5.41) is 2.35. The van der Waals surface area contributed by atoms with Crippen molar-refractivity contribution in [2.75, 3.05) is 13.7 Å². The fourth-order valence-electron chi connectivity index (χ4n) is 1.19. The number of rotatable bonds is 6. The van der Waals surface area contributed by atoms with E-state index in [9.17, 15) is 14.4 Å². The van der Waals surface area contributed by atoms with E-state index in [2.05, 4.69) is 10.1 Å². The van der Waals surface area contributed by atoms with Crippen molar-refractivity contribution in [2.45, 2.75) is 29.7 Å². The molecule has 10 heteroatoms. The molecule has 7 nitrogen and oxygen atoms in total. The fraction of sp³-hybridized carbons (Fsp3) is 0.727. The fourth-order valence-corrected chi connectivity index (χ4v) is 1.35. The van der Waals surface area contributed by atoms with Crippen LogP contribution in [0.4, 0.5) is 0 Å². The van der Waals surface area contributed by atoms with E-state index in [4.69, 9.17) is 45.3 Å². The minimum absolute atomic E-state index is 0.450. The molecule has 122 valence electrons. The number of amides is 1. The molecule has 0 aromatic heterocycles. The third-order valence-corrected chi connectivity index (χ3v) is 2.84. The van der Waals surface area contributed by atoms with Gasteiger partial charge in [-0.05, 0) is 6.92 Å². The highest BCUT2D eigenvalue weighted by molar-refractivity contribution is 6.67. The lowest BCUT2D eigenvalue weighted by molar-refractivity contribution is -0.148. The highest BCUT2D eigenvalue weighted by Crippen LogP contribution is 2.26. The number of carbonyl (C=O) groups excluding carboxylic acids is 3. The molecule has 0 bridgehead atoms. The Kier molecular flexibility index (Phi) is 8.31. The number of halogens is 3. The number of nitrogens with one attached hydrogen (secondary N) is 1. The Bertz CT molecular complexity index is 400. The van der Waals surface area contributed by atoms with Crippen molar-refractivity contribution < 1.29 is 23.9 Å². The van der Waals surface area contributed by atoms with Gasteiger partial charge < -0.3 is 20.5 Å². The SMILES string of the molecule is COC(=O)[C@H](N)[C@H](C)C(=O)N[C@@H](C)C(=O)OCC(Cl)(Cl)Cl. The standard InChI is InChI=1S/C11H17Cl3N2O5/c1-5(7(15)10(19)20-3)8(17)16-6(2)9(18)21-4-11(12,13)14/h5-7H,4,15H2,1-3H3,(H,16,17)/t5-,6-,7+/m0/s1. The largest absolute Gasteiger partial charge is 0.468 e. The van der Waals surface area contributed by atoms with Crippen LogP contribution in [0.25, 0.3) is 0 Å². The smallest absolute Gasteiger partial charge is 0.328 e. The highest BCUT2D eigenvalue weighted by Gasteiger charge is 2.30. The molecule has 0 rings (SSSR count). The number of hydrogen-bond acceptors (Lipinski definition) is 6. The van der Waals surface area contributed by atoms with Gasteiger partial charge in [0.1, 0.15) is 18.7 Å². The summed E-state index contributed by atoms with van der Waals surface area (Å²) in [7, 11) is 1.16. The summed E-state index contributed by atoms with van der Waals surface area (Å²) < 4.78 is 7.40. The molecular formula is C11H17Cl3N2O5. The van der Waals surface area contributed by atoms with E-state index >= 15 is 0 Å². The second kappa shape index (κ2) is 8.63. The van der Waals surface area contributed by atoms with E-state index in [0.717, 1.165) is 7.11 Å². The zero-order valence-corrected chi connectivity index (χ0v) is 14.0. The average molecular weight is 364 g/mol. The van der Waals surface area contributed by atoms with Crippen LogP contribution >= 0.6 is 34.8 Å². The van der Waals surface area contributed by atoms with Crippen molar-refractivity contribution in [3.8, 4) is 0 Å². The lowest BCUT2D eigenvalue weighted by Crippen LogP contribution is -2.49. The monoisotopic (exact) mass is 362 g/mol. The van der Waals surface area contributed by atoms with Gasteiger partial charge in [0, 0.05) is 0 Å². The van der Waals surface area contributed by atoms with Gasteiger partial charge in [0.25, 0.3) is 0 Å². The third kappa shape index (κ3) is 7.71. The number of carbonyl (C=O) groups is 3. The van der Waals surface area contributed by atoms with Crippen LogP contribution in [0.3, 0.4) is 0 Å². The first kappa shape index (κ1) is 20.2. The van der Waals surface area contributed by atoms with Crippen molar-refractivity contribution in [1.82, 2.24) is 5.32 Å². The van der Waals surface area contributed by atoms with Gasteiger partial charge in [-0.25, -0.2) is 4.79 Å². The molecule has 0 fully saturated rings. The predicted octanol–water partition coefficient (Wildman–Crippen LogP) is 0.541. The van der Waals surface area contributed by atoms with Crippen LogP contribution in [-0.4, -0.2) is 47.4 Å². The molecule has 0 radical (unpaired) electrons. The maximum absolute atomic E-state index is 11.8. The highest BCUT2D eigenvalue weighted by atomic mass is 35.6. The average Bonchev–Trinajstić information content (AvgIpc) is 2.40. The van der Waals surface area contributed by atoms with Gasteiger partial charge >= 0.3 is 11.9 Å². The molecule has 0 saturated carbocycles. The van der Waals surface area contributed by atoms with Gasteiger partial charge in [-0.3, -0.25) is 9.59 Å². The molecule has 3 N–H and O–H groups in total. The maximum Gasteiger partial charge on any atom is 0.328 e. The number of ether oxygens (including phenoxy) is 2. The summed E-state index contributed by atoms with van der Waals surface area (Å²) in [4.78, 5) is 34.6. The van der Waals surface area contributed by atoms with Crippen molar-refractivity contribution in [3.05, 3.63) is 0 Å². The first-order valence-corrected chi connectivity index (χ1v) is 7.00. The van der Waals surface area contributed by atoms with Crippen molar-refractivity contribution in [2.24, 2.45) is 11.7 Å². The maximum atomic E-state index is 11.8. The van der Waals surface area contributed by atoms with Crippen LogP contribution in [0.2, 0.25) is 0 Å². The van der Waals surface area contributed by atoms with E-state index in [-0.39, 0.29) is 0 Å². The van der Waals surface area contributed by atoms with E-state index in [1.54, 1.807) is 0 Å². The Morgan fingerprint density at radius 2 is 1.71 bits per heavy atom. The van der Waals surface area contributed by atoms with E-state index in [0.29, 0.717) is 0 Å². The first-order valence-electron chi connectivity index (χ1n) is 5.86. The van der Waals surface area contributed by atoms with Crippen LogP contribution in [0, 0.1) is 5.92 Å². The van der Waals surface area contributed by atoms with Gasteiger partial charge in [-0.15, -0.1) is 0 Å². The van der Waals surface area contributed by atoms with E-state index < -0.39 is 46.2 Å². The molecule has 0 aromatic carbocycles. The number of nitrogens with two attached hydrogens (primary N) is 1. The van der Waals surface area contributed by atoms with Crippen molar-refractivity contribution >= 4 is 52.6 Å². The van der Waals surface area contributed by atoms with Gasteiger partial charge in [-0.2, -0.15) is 0 Å². The van der Waals surface area contributed by atoms with Gasteiger partial charge in [0.15, 0.2) is 0 Å². The Hall–Kier alpha value is -0.760. The molecule has 0 unspecified atom stereocenters. The molecule has 0 aromatic rings. The minimum atomic E-state index is -1.74. The lowest BCUT2D eigenvalue weighted by atomic mass is 10.0. The summed E-state index contributed by atoms with van der Waals surface area (Å²) in [6, 6.07) is -2.13. The Morgan fingerprint density at radius 1 is 1.19 bits per heavy atom. The molecule has 0 spiro atoms. The number of esters is 2. The zero-order chi connectivity index (χ0) is 16.8. The molecule has 21 heavy (non-hydrogen) atoms. The van der Waals surface area contributed by atoms with E-state index in [1.807, 2.05) is 0 Å². The second-order valence-corrected chi connectivity index (χ2v) is 6.81. The summed E-state index contributed by atoms with van der Waals surface area (Å²) in [5.74, 6) is -3.01. The molecule has 0 heterocycles. The summed E-state index contributed by atoms with van der Waals surface area (Å²) in [6.07, 6.45) is 0. The number of hydrogen-bond donors (Lipinski definition) is 2. The first-order chi connectivity index (χ1) is 9.49. The Labute approximate surface area is 137 Å². The zero-order valence-electron chi connectivity index (χ0n) is 11.7. The van der Waals surface area contributed by atoms with Gasteiger partial charge in [-0.1, -0.05) is 41.7 Å².